The van der Waals surface area contributed by atoms with E-state index in [9.17, 15) is 5.11 Å². The van der Waals surface area contributed by atoms with Gasteiger partial charge in [0.25, 0.3) is 0 Å². The van der Waals surface area contributed by atoms with Crippen molar-refractivity contribution in [2.75, 3.05) is 33.4 Å². The van der Waals surface area contributed by atoms with Gasteiger partial charge in [-0.3, -0.25) is 0 Å². The third kappa shape index (κ3) is 2.67. The third-order valence-electron chi connectivity index (χ3n) is 3.09. The van der Waals surface area contributed by atoms with Gasteiger partial charge in [-0.2, -0.15) is 0 Å². The molecule has 0 bridgehead atoms. The highest BCUT2D eigenvalue weighted by Crippen LogP contribution is 2.24. The van der Waals surface area contributed by atoms with E-state index >= 15 is 0 Å². The Balaban J connectivity index is 1.57. The van der Waals surface area contributed by atoms with Gasteiger partial charge in [0.1, 0.15) is 0 Å². The number of hydrogen-bond acceptors (Lipinski definition) is 4. The van der Waals surface area contributed by atoms with Crippen molar-refractivity contribution in [2.24, 2.45) is 0 Å². The molecule has 1 saturated heterocycles. The molecule has 0 aromatic rings. The van der Waals surface area contributed by atoms with E-state index in [2.05, 4.69) is 17.3 Å². The highest BCUT2D eigenvalue weighted by molar-refractivity contribution is 4.84. The first kappa shape index (κ1) is 10.4. The van der Waals surface area contributed by atoms with Crippen LogP contribution in [0, 0.1) is 0 Å². The number of aliphatic hydroxyl groups excluding tert-OH is 1. The standard InChI is InChI=1S/C10H20N2O2/c1-12(8-2-3-8)5-4-11-9-6-14-7-10(9)13/h8-11,13H,2-7H2,1H3. The fourth-order valence-electron chi connectivity index (χ4n) is 1.86. The van der Waals surface area contributed by atoms with Crippen molar-refractivity contribution in [3.05, 3.63) is 0 Å². The number of nitrogens with one attached hydrogen (secondary N) is 1. The van der Waals surface area contributed by atoms with Gasteiger partial charge in [0.15, 0.2) is 0 Å². The summed E-state index contributed by atoms with van der Waals surface area (Å²) in [5.74, 6) is 0. The van der Waals surface area contributed by atoms with Gasteiger partial charge in [0.2, 0.25) is 0 Å². The van der Waals surface area contributed by atoms with Crippen LogP contribution in [0.2, 0.25) is 0 Å². The second-order valence-corrected chi connectivity index (χ2v) is 4.38. The summed E-state index contributed by atoms with van der Waals surface area (Å²) >= 11 is 0. The minimum Gasteiger partial charge on any atom is -0.389 e. The molecule has 1 aliphatic carbocycles. The molecule has 0 amide bonds. The molecule has 1 saturated carbocycles. The van der Waals surface area contributed by atoms with Crippen LogP contribution in [0.15, 0.2) is 0 Å². The molecule has 82 valence electrons. The predicted molar refractivity (Wildman–Crippen MR) is 54.3 cm³/mol. The zero-order chi connectivity index (χ0) is 9.97. The lowest BCUT2D eigenvalue weighted by atomic mass is 10.2. The number of aliphatic hydroxyl groups is 1. The quantitative estimate of drug-likeness (QED) is 0.624. The van der Waals surface area contributed by atoms with E-state index in [0.717, 1.165) is 19.1 Å². The van der Waals surface area contributed by atoms with Crippen LogP contribution in [0.5, 0.6) is 0 Å². The van der Waals surface area contributed by atoms with Crippen molar-refractivity contribution >= 4 is 0 Å². The summed E-state index contributed by atoms with van der Waals surface area (Å²) in [6.45, 7) is 3.14. The lowest BCUT2D eigenvalue weighted by molar-refractivity contribution is 0.122. The summed E-state index contributed by atoms with van der Waals surface area (Å²) in [7, 11) is 2.17. The lowest BCUT2D eigenvalue weighted by Gasteiger charge is -2.19. The fraction of sp³-hybridized carbons (Fsp3) is 1.00. The van der Waals surface area contributed by atoms with Gasteiger partial charge in [-0.1, -0.05) is 0 Å². The molecule has 2 atom stereocenters. The Morgan fingerprint density at radius 1 is 1.43 bits per heavy atom. The van der Waals surface area contributed by atoms with Gasteiger partial charge in [-0.25, -0.2) is 0 Å². The van der Waals surface area contributed by atoms with E-state index in [0.29, 0.717) is 13.2 Å². The Labute approximate surface area is 85.2 Å². The monoisotopic (exact) mass is 200 g/mol. The topological polar surface area (TPSA) is 44.7 Å². The summed E-state index contributed by atoms with van der Waals surface area (Å²) in [6, 6.07) is 0.962. The van der Waals surface area contributed by atoms with Crippen LogP contribution < -0.4 is 5.32 Å². The van der Waals surface area contributed by atoms with Gasteiger partial charge < -0.3 is 20.1 Å². The Hall–Kier alpha value is -0.160. The van der Waals surface area contributed by atoms with Crippen molar-refractivity contribution in [1.82, 2.24) is 10.2 Å². The molecule has 0 aromatic carbocycles. The summed E-state index contributed by atoms with van der Waals surface area (Å²) < 4.78 is 5.16. The summed E-state index contributed by atoms with van der Waals surface area (Å²) in [5, 5.41) is 12.8. The van der Waals surface area contributed by atoms with Crippen LogP contribution in [0.25, 0.3) is 0 Å². The largest absolute Gasteiger partial charge is 0.389 e. The lowest BCUT2D eigenvalue weighted by Crippen LogP contribution is -2.42. The molecule has 0 spiro atoms. The smallest absolute Gasteiger partial charge is 0.0948 e. The minimum atomic E-state index is -0.318. The van der Waals surface area contributed by atoms with Crippen molar-refractivity contribution < 1.29 is 9.84 Å². The molecule has 0 aromatic heterocycles. The van der Waals surface area contributed by atoms with Gasteiger partial charge in [-0.15, -0.1) is 0 Å². The number of nitrogens with zero attached hydrogens (tertiary/aromatic N) is 1. The molecular formula is C10H20N2O2. The molecule has 0 radical (unpaired) electrons. The second kappa shape index (κ2) is 4.57. The van der Waals surface area contributed by atoms with Crippen LogP contribution in [-0.2, 0) is 4.74 Å². The van der Waals surface area contributed by atoms with E-state index in [-0.39, 0.29) is 12.1 Å². The summed E-state index contributed by atoms with van der Waals surface area (Å²) in [6.07, 6.45) is 2.39. The van der Waals surface area contributed by atoms with E-state index in [1.807, 2.05) is 0 Å². The molecule has 2 fully saturated rings. The SMILES string of the molecule is CN(CCNC1COCC1O)C1CC1. The first-order valence-corrected chi connectivity index (χ1v) is 5.47. The molecule has 2 rings (SSSR count). The Morgan fingerprint density at radius 2 is 2.21 bits per heavy atom. The number of rotatable bonds is 5. The van der Waals surface area contributed by atoms with E-state index in [4.69, 9.17) is 4.74 Å². The zero-order valence-corrected chi connectivity index (χ0v) is 8.78. The van der Waals surface area contributed by atoms with Crippen molar-refractivity contribution in [3.63, 3.8) is 0 Å². The average molecular weight is 200 g/mol. The summed E-state index contributed by atoms with van der Waals surface area (Å²) in [4.78, 5) is 2.38. The van der Waals surface area contributed by atoms with Crippen molar-refractivity contribution in [3.8, 4) is 0 Å². The maximum absolute atomic E-state index is 9.47. The molecular weight excluding hydrogens is 180 g/mol. The number of ether oxygens (including phenoxy) is 1. The van der Waals surface area contributed by atoms with Crippen LogP contribution in [0.4, 0.5) is 0 Å². The zero-order valence-electron chi connectivity index (χ0n) is 8.78. The molecule has 2 aliphatic rings. The van der Waals surface area contributed by atoms with Crippen molar-refractivity contribution in [1.29, 1.82) is 0 Å². The van der Waals surface area contributed by atoms with Crippen LogP contribution in [0.1, 0.15) is 12.8 Å². The normalized spacial score (nSPS) is 32.8. The Kier molecular flexibility index (Phi) is 3.38. The predicted octanol–water partition coefficient (Wildman–Crippen LogP) is -0.570. The molecule has 2 N–H and O–H groups in total. The van der Waals surface area contributed by atoms with Gasteiger partial charge in [0.05, 0.1) is 25.4 Å². The van der Waals surface area contributed by atoms with E-state index in [1.54, 1.807) is 0 Å². The fourth-order valence-corrected chi connectivity index (χ4v) is 1.86. The van der Waals surface area contributed by atoms with Gasteiger partial charge in [0, 0.05) is 19.1 Å². The minimum absolute atomic E-state index is 0.141. The molecule has 4 heteroatoms. The van der Waals surface area contributed by atoms with Crippen LogP contribution in [-0.4, -0.2) is 61.5 Å². The molecule has 14 heavy (non-hydrogen) atoms. The van der Waals surface area contributed by atoms with Gasteiger partial charge >= 0.3 is 0 Å². The first-order chi connectivity index (χ1) is 6.77. The highest BCUT2D eigenvalue weighted by Gasteiger charge is 2.27. The van der Waals surface area contributed by atoms with Crippen molar-refractivity contribution in [2.45, 2.75) is 31.0 Å². The average Bonchev–Trinajstić information content (AvgIpc) is 2.93. The Morgan fingerprint density at radius 3 is 2.79 bits per heavy atom. The molecule has 4 nitrogen and oxygen atoms in total. The van der Waals surface area contributed by atoms with Crippen LogP contribution >= 0.6 is 0 Å². The maximum Gasteiger partial charge on any atom is 0.0948 e. The number of likely N-dealkylation sites (N-methyl/N-ethyl adjacent to an activating group) is 1. The van der Waals surface area contributed by atoms with E-state index < -0.39 is 0 Å². The summed E-state index contributed by atoms with van der Waals surface area (Å²) in [5.41, 5.74) is 0. The van der Waals surface area contributed by atoms with Crippen LogP contribution in [0.3, 0.4) is 0 Å². The molecule has 1 heterocycles. The highest BCUT2D eigenvalue weighted by atomic mass is 16.5. The molecule has 1 aliphatic heterocycles. The first-order valence-electron chi connectivity index (χ1n) is 5.47. The van der Waals surface area contributed by atoms with E-state index in [1.165, 1.54) is 12.8 Å². The Bertz CT molecular complexity index is 185. The third-order valence-corrected chi connectivity index (χ3v) is 3.09. The number of hydrogen-bond donors (Lipinski definition) is 2. The second-order valence-electron chi connectivity index (χ2n) is 4.38. The molecule has 2 unspecified atom stereocenters. The van der Waals surface area contributed by atoms with Gasteiger partial charge in [-0.05, 0) is 19.9 Å². The maximum atomic E-state index is 9.47.